The average Bonchev–Trinajstić information content (AvgIpc) is 3.42. The number of aryl methyl sites for hydroxylation is 1. The number of hydrogen-bond donors (Lipinski definition) is 2. The Kier molecular flexibility index (Phi) is 8.73. The van der Waals surface area contributed by atoms with Gasteiger partial charge in [0.25, 0.3) is 0 Å². The van der Waals surface area contributed by atoms with E-state index in [4.69, 9.17) is 14.2 Å². The molecule has 0 amide bonds. The molecule has 3 rings (SSSR count). The third kappa shape index (κ3) is 6.25. The first kappa shape index (κ1) is 25.5. The number of benzene rings is 1. The Hall–Kier alpha value is -2.16. The number of thiazole rings is 1. The van der Waals surface area contributed by atoms with Crippen molar-refractivity contribution in [2.45, 2.75) is 83.5 Å². The van der Waals surface area contributed by atoms with Gasteiger partial charge in [-0.05, 0) is 51.3 Å². The number of methoxy groups -OCH3 is 2. The van der Waals surface area contributed by atoms with Crippen molar-refractivity contribution in [3.05, 3.63) is 38.8 Å². The molecule has 182 valence electrons. The van der Waals surface area contributed by atoms with Crippen molar-refractivity contribution in [3.8, 4) is 11.5 Å². The molecule has 1 fully saturated rings. The van der Waals surface area contributed by atoms with Gasteiger partial charge in [-0.2, -0.15) is 0 Å². The molecule has 1 heterocycles. The molecular weight excluding hydrogens is 442 g/mol. The standard InChI is InChI=1S/C25H35NO6S/c1-14-21(30-4)10-17(11-22(14)31-5)20(27)12-19(32-18-8-6-7-9-18)13-23-26-24(16(3)33-23)15(2)25(28)29/h10-11,15,18-20,27H,6-9,12-13H2,1-5H3,(H,28,29)/t15-,19-,20+/m1/s1. The molecule has 8 heteroatoms. The molecule has 1 saturated carbocycles. The Morgan fingerprint density at radius 3 is 2.33 bits per heavy atom. The second-order valence-corrected chi connectivity index (χ2v) is 10.1. The van der Waals surface area contributed by atoms with Gasteiger partial charge >= 0.3 is 5.97 Å². The predicted octanol–water partition coefficient (Wildman–Crippen LogP) is 4.96. The van der Waals surface area contributed by atoms with E-state index in [0.717, 1.165) is 41.1 Å². The summed E-state index contributed by atoms with van der Waals surface area (Å²) in [6, 6.07) is 3.69. The zero-order valence-electron chi connectivity index (χ0n) is 20.1. The zero-order chi connectivity index (χ0) is 24.1. The van der Waals surface area contributed by atoms with E-state index in [1.807, 2.05) is 26.0 Å². The van der Waals surface area contributed by atoms with Crippen molar-refractivity contribution in [3.63, 3.8) is 0 Å². The zero-order valence-corrected chi connectivity index (χ0v) is 20.9. The Bertz CT molecular complexity index is 927. The quantitative estimate of drug-likeness (QED) is 0.472. The summed E-state index contributed by atoms with van der Waals surface area (Å²) in [6.45, 7) is 5.48. The minimum atomic E-state index is -0.883. The lowest BCUT2D eigenvalue weighted by Gasteiger charge is -2.25. The minimum Gasteiger partial charge on any atom is -0.496 e. The highest BCUT2D eigenvalue weighted by molar-refractivity contribution is 7.11. The van der Waals surface area contributed by atoms with E-state index in [0.29, 0.717) is 35.6 Å². The van der Waals surface area contributed by atoms with Crippen LogP contribution in [0, 0.1) is 13.8 Å². The number of carboxylic acid groups (broad SMARTS) is 1. The lowest BCUT2D eigenvalue weighted by molar-refractivity contribution is -0.138. The van der Waals surface area contributed by atoms with Gasteiger partial charge in [-0.25, -0.2) is 4.98 Å². The maximum Gasteiger partial charge on any atom is 0.312 e. The van der Waals surface area contributed by atoms with Gasteiger partial charge in [0.15, 0.2) is 0 Å². The second kappa shape index (κ2) is 11.3. The van der Waals surface area contributed by atoms with Crippen LogP contribution in [0.5, 0.6) is 11.5 Å². The Morgan fingerprint density at radius 2 is 1.79 bits per heavy atom. The summed E-state index contributed by atoms with van der Waals surface area (Å²) >= 11 is 1.51. The molecule has 2 aromatic rings. The average molecular weight is 478 g/mol. The van der Waals surface area contributed by atoms with E-state index in [9.17, 15) is 15.0 Å². The summed E-state index contributed by atoms with van der Waals surface area (Å²) in [5.74, 6) is -0.201. The molecule has 1 aliphatic carbocycles. The highest BCUT2D eigenvalue weighted by atomic mass is 32.1. The van der Waals surface area contributed by atoms with Crippen molar-refractivity contribution in [2.75, 3.05) is 14.2 Å². The molecular formula is C25H35NO6S. The number of aliphatic hydroxyl groups excluding tert-OH is 1. The smallest absolute Gasteiger partial charge is 0.312 e. The van der Waals surface area contributed by atoms with Gasteiger partial charge in [0.05, 0.1) is 49.2 Å². The number of aliphatic hydroxyl groups is 1. The number of carboxylic acids is 1. The Morgan fingerprint density at radius 1 is 1.18 bits per heavy atom. The van der Waals surface area contributed by atoms with Crippen LogP contribution in [-0.2, 0) is 16.0 Å². The maximum absolute atomic E-state index is 11.4. The third-order valence-electron chi connectivity index (χ3n) is 6.39. The lowest BCUT2D eigenvalue weighted by Crippen LogP contribution is -2.25. The molecule has 0 radical (unpaired) electrons. The van der Waals surface area contributed by atoms with E-state index in [-0.39, 0.29) is 12.2 Å². The van der Waals surface area contributed by atoms with Gasteiger partial charge in [0.1, 0.15) is 11.5 Å². The number of nitrogens with zero attached hydrogens (tertiary/aromatic N) is 1. The minimum absolute atomic E-state index is 0.183. The molecule has 3 atom stereocenters. The number of aromatic nitrogens is 1. The van der Waals surface area contributed by atoms with E-state index in [2.05, 4.69) is 4.98 Å². The first-order valence-electron chi connectivity index (χ1n) is 11.5. The van der Waals surface area contributed by atoms with Crippen molar-refractivity contribution < 1.29 is 29.2 Å². The van der Waals surface area contributed by atoms with Gasteiger partial charge in [0.2, 0.25) is 0 Å². The second-order valence-electron chi connectivity index (χ2n) is 8.78. The normalized spacial score (nSPS) is 17.0. The van der Waals surface area contributed by atoms with Crippen LogP contribution in [0.25, 0.3) is 0 Å². The van der Waals surface area contributed by atoms with Crippen LogP contribution in [0.4, 0.5) is 0 Å². The Labute approximate surface area is 199 Å². The van der Waals surface area contributed by atoms with Gasteiger partial charge in [0, 0.05) is 23.3 Å². The summed E-state index contributed by atoms with van der Waals surface area (Å²) in [6.07, 6.45) is 4.47. The summed E-state index contributed by atoms with van der Waals surface area (Å²) < 4.78 is 17.4. The number of hydrogen-bond acceptors (Lipinski definition) is 7. The van der Waals surface area contributed by atoms with Crippen LogP contribution in [0.2, 0.25) is 0 Å². The van der Waals surface area contributed by atoms with Crippen LogP contribution in [0.3, 0.4) is 0 Å². The fourth-order valence-electron chi connectivity index (χ4n) is 4.43. The SMILES string of the molecule is COc1cc([C@@H](O)C[C@H](Cc2nc([C@@H](C)C(=O)O)c(C)s2)OC2CCCC2)cc(OC)c1C. The fraction of sp³-hybridized carbons (Fsp3) is 0.600. The summed E-state index contributed by atoms with van der Waals surface area (Å²) in [5, 5.41) is 21.3. The van der Waals surface area contributed by atoms with Gasteiger partial charge < -0.3 is 24.4 Å². The largest absolute Gasteiger partial charge is 0.496 e. The third-order valence-corrected chi connectivity index (χ3v) is 7.40. The van der Waals surface area contributed by atoms with Crippen LogP contribution < -0.4 is 9.47 Å². The lowest BCUT2D eigenvalue weighted by atomic mass is 9.99. The summed E-state index contributed by atoms with van der Waals surface area (Å²) in [4.78, 5) is 17.0. The summed E-state index contributed by atoms with van der Waals surface area (Å²) in [5.41, 5.74) is 2.20. The van der Waals surface area contributed by atoms with Crippen LogP contribution in [-0.4, -0.2) is 47.6 Å². The fourth-order valence-corrected chi connectivity index (χ4v) is 5.53. The number of carbonyl (C=O) groups is 1. The van der Waals surface area contributed by atoms with E-state index in [1.54, 1.807) is 21.1 Å². The number of ether oxygens (including phenoxy) is 3. The van der Waals surface area contributed by atoms with Crippen LogP contribution in [0.15, 0.2) is 12.1 Å². The molecule has 7 nitrogen and oxygen atoms in total. The molecule has 1 aliphatic rings. The molecule has 0 saturated heterocycles. The van der Waals surface area contributed by atoms with Crippen molar-refractivity contribution in [1.29, 1.82) is 0 Å². The van der Waals surface area contributed by atoms with Gasteiger partial charge in [-0.1, -0.05) is 12.8 Å². The number of aliphatic carboxylic acids is 1. The van der Waals surface area contributed by atoms with Crippen molar-refractivity contribution >= 4 is 17.3 Å². The molecule has 1 aromatic heterocycles. The molecule has 33 heavy (non-hydrogen) atoms. The maximum atomic E-state index is 11.4. The number of rotatable bonds is 11. The topological polar surface area (TPSA) is 98.1 Å². The molecule has 0 aliphatic heterocycles. The van der Waals surface area contributed by atoms with Crippen LogP contribution in [0.1, 0.15) is 77.8 Å². The van der Waals surface area contributed by atoms with E-state index < -0.39 is 18.0 Å². The van der Waals surface area contributed by atoms with E-state index >= 15 is 0 Å². The van der Waals surface area contributed by atoms with Crippen molar-refractivity contribution in [2.24, 2.45) is 0 Å². The molecule has 0 unspecified atom stereocenters. The van der Waals surface area contributed by atoms with Gasteiger partial charge in [-0.3, -0.25) is 4.79 Å². The predicted molar refractivity (Wildman–Crippen MR) is 128 cm³/mol. The summed E-state index contributed by atoms with van der Waals surface area (Å²) in [7, 11) is 3.20. The molecule has 0 bridgehead atoms. The first-order chi connectivity index (χ1) is 15.7. The van der Waals surface area contributed by atoms with Gasteiger partial charge in [-0.15, -0.1) is 11.3 Å². The van der Waals surface area contributed by atoms with Crippen molar-refractivity contribution in [1.82, 2.24) is 4.98 Å². The van der Waals surface area contributed by atoms with Crippen LogP contribution >= 0.6 is 11.3 Å². The molecule has 1 aromatic carbocycles. The highest BCUT2D eigenvalue weighted by Gasteiger charge is 2.27. The monoisotopic (exact) mass is 477 g/mol. The highest BCUT2D eigenvalue weighted by Crippen LogP contribution is 2.35. The first-order valence-corrected chi connectivity index (χ1v) is 12.3. The molecule has 0 spiro atoms. The molecule has 2 N–H and O–H groups in total. The van der Waals surface area contributed by atoms with E-state index in [1.165, 1.54) is 11.3 Å². The Balaban J connectivity index is 1.81.